The quantitative estimate of drug-likeness (QED) is 0.376. The minimum Gasteiger partial charge on any atom is -0.367 e. The van der Waals surface area contributed by atoms with Crippen LogP contribution in [0.5, 0.6) is 0 Å². The zero-order chi connectivity index (χ0) is 23.9. The lowest BCUT2D eigenvalue weighted by molar-refractivity contribution is 0.251. The Hall–Kier alpha value is -2.70. The van der Waals surface area contributed by atoms with Crippen LogP contribution in [0.1, 0.15) is 48.8 Å². The Bertz CT molecular complexity index is 1270. The molecule has 2 aromatic carbocycles. The van der Waals surface area contributed by atoms with Crippen molar-refractivity contribution in [3.63, 3.8) is 0 Å². The first-order valence-electron chi connectivity index (χ1n) is 12.3. The van der Waals surface area contributed by atoms with Gasteiger partial charge in [-0.05, 0) is 36.5 Å². The summed E-state index contributed by atoms with van der Waals surface area (Å²) in [4.78, 5) is 19.8. The molecular formula is C28H35N5S. The molecule has 0 spiro atoms. The molecule has 0 bridgehead atoms. The van der Waals surface area contributed by atoms with Gasteiger partial charge in [0.15, 0.2) is 0 Å². The van der Waals surface area contributed by atoms with E-state index < -0.39 is 0 Å². The molecule has 3 heterocycles. The Morgan fingerprint density at radius 2 is 1.71 bits per heavy atom. The van der Waals surface area contributed by atoms with Gasteiger partial charge in [0, 0.05) is 43.2 Å². The van der Waals surface area contributed by atoms with E-state index in [-0.39, 0.29) is 5.41 Å². The lowest BCUT2D eigenvalue weighted by atomic mass is 9.87. The second-order valence-electron chi connectivity index (χ2n) is 10.3. The smallest absolute Gasteiger partial charge is 0.138 e. The first-order valence-corrected chi connectivity index (χ1v) is 13.2. The average molecular weight is 474 g/mol. The topological polar surface area (TPSA) is 48.1 Å². The van der Waals surface area contributed by atoms with Gasteiger partial charge >= 0.3 is 0 Å². The third-order valence-corrected chi connectivity index (χ3v) is 7.81. The number of aryl methyl sites for hydroxylation is 2. The molecule has 1 fully saturated rings. The molecule has 5 rings (SSSR count). The number of nitrogens with one attached hydrogen (secondary N) is 1. The Balaban J connectivity index is 1.32. The van der Waals surface area contributed by atoms with Crippen LogP contribution < -0.4 is 4.90 Å². The van der Waals surface area contributed by atoms with Crippen LogP contribution in [0.2, 0.25) is 0 Å². The van der Waals surface area contributed by atoms with Crippen LogP contribution in [0.15, 0.2) is 42.5 Å². The third kappa shape index (κ3) is 4.62. The standard InChI is InChI=1S/C28H35N5S/c1-6-22-25(34-19(2)29-22)18-32-14-16-33(17-15-32)24-9-7-8-23-26(24)31-27(30-23)20-10-12-21(13-11-20)28(3,4)5/h7-13H,6,14-18H2,1-5H3,(H,30,31). The Labute approximate surface area is 206 Å². The zero-order valence-corrected chi connectivity index (χ0v) is 21.8. The normalized spacial score (nSPS) is 15.4. The predicted molar refractivity (Wildman–Crippen MR) is 144 cm³/mol. The Kier molecular flexibility index (Phi) is 6.21. The molecule has 0 atom stereocenters. The highest BCUT2D eigenvalue weighted by molar-refractivity contribution is 7.11. The summed E-state index contributed by atoms with van der Waals surface area (Å²) in [5.41, 5.74) is 7.29. The molecule has 6 heteroatoms. The van der Waals surface area contributed by atoms with Crippen molar-refractivity contribution in [2.45, 2.75) is 53.0 Å². The second kappa shape index (κ2) is 9.16. The van der Waals surface area contributed by atoms with Crippen molar-refractivity contribution < 1.29 is 0 Å². The Morgan fingerprint density at radius 1 is 0.971 bits per heavy atom. The van der Waals surface area contributed by atoms with Gasteiger partial charge in [-0.2, -0.15) is 0 Å². The van der Waals surface area contributed by atoms with E-state index >= 15 is 0 Å². The lowest BCUT2D eigenvalue weighted by Gasteiger charge is -2.36. The molecule has 0 amide bonds. The fourth-order valence-electron chi connectivity index (χ4n) is 4.80. The van der Waals surface area contributed by atoms with Crippen LogP contribution in [0.3, 0.4) is 0 Å². The maximum Gasteiger partial charge on any atom is 0.138 e. The van der Waals surface area contributed by atoms with Gasteiger partial charge in [-0.15, -0.1) is 11.3 Å². The summed E-state index contributed by atoms with van der Waals surface area (Å²) in [6.07, 6.45) is 1.02. The van der Waals surface area contributed by atoms with E-state index in [2.05, 4.69) is 91.9 Å². The van der Waals surface area contributed by atoms with Crippen LogP contribution in [0.25, 0.3) is 22.4 Å². The highest BCUT2D eigenvalue weighted by Gasteiger charge is 2.22. The van der Waals surface area contributed by atoms with Crippen molar-refractivity contribution in [1.29, 1.82) is 0 Å². The number of nitrogens with zero attached hydrogens (tertiary/aromatic N) is 4. The molecule has 0 saturated carbocycles. The number of hydrogen-bond donors (Lipinski definition) is 1. The van der Waals surface area contributed by atoms with E-state index in [0.29, 0.717) is 0 Å². The molecule has 0 unspecified atom stereocenters. The summed E-state index contributed by atoms with van der Waals surface area (Å²) < 4.78 is 0. The summed E-state index contributed by atoms with van der Waals surface area (Å²) in [5.74, 6) is 0.939. The number of aromatic amines is 1. The molecule has 5 nitrogen and oxygen atoms in total. The molecule has 4 aromatic rings. The number of H-pyrrole nitrogens is 1. The van der Waals surface area contributed by atoms with Gasteiger partial charge in [-0.25, -0.2) is 9.97 Å². The number of piperazine rings is 1. The van der Waals surface area contributed by atoms with Crippen molar-refractivity contribution in [2.24, 2.45) is 0 Å². The highest BCUT2D eigenvalue weighted by Crippen LogP contribution is 2.31. The minimum atomic E-state index is 0.151. The molecule has 1 saturated heterocycles. The van der Waals surface area contributed by atoms with E-state index in [4.69, 9.17) is 9.97 Å². The van der Waals surface area contributed by atoms with Crippen molar-refractivity contribution in [3.8, 4) is 11.4 Å². The molecule has 34 heavy (non-hydrogen) atoms. The van der Waals surface area contributed by atoms with Crippen molar-refractivity contribution in [2.75, 3.05) is 31.1 Å². The molecular weight excluding hydrogens is 438 g/mol. The number of anilines is 1. The van der Waals surface area contributed by atoms with Gasteiger partial charge in [-0.3, -0.25) is 4.90 Å². The number of rotatable bonds is 5. The molecule has 0 radical (unpaired) electrons. The van der Waals surface area contributed by atoms with Crippen molar-refractivity contribution in [1.82, 2.24) is 19.9 Å². The number of hydrogen-bond acceptors (Lipinski definition) is 5. The zero-order valence-electron chi connectivity index (χ0n) is 21.0. The summed E-state index contributed by atoms with van der Waals surface area (Å²) in [6.45, 7) is 16.2. The summed E-state index contributed by atoms with van der Waals surface area (Å²) in [6, 6.07) is 15.3. The largest absolute Gasteiger partial charge is 0.367 e. The van der Waals surface area contributed by atoms with Crippen molar-refractivity contribution in [3.05, 3.63) is 63.6 Å². The SMILES string of the molecule is CCc1nc(C)sc1CN1CCN(c2cccc3[nH]c(-c4ccc(C(C)(C)C)cc4)nc23)CC1. The number of fused-ring (bicyclic) bond motifs is 1. The first kappa shape index (κ1) is 23.1. The van der Waals surface area contributed by atoms with Crippen LogP contribution in [0.4, 0.5) is 5.69 Å². The van der Waals surface area contributed by atoms with Gasteiger partial charge < -0.3 is 9.88 Å². The third-order valence-electron chi connectivity index (χ3n) is 6.82. The van der Waals surface area contributed by atoms with Gasteiger partial charge in [0.1, 0.15) is 11.3 Å². The molecule has 0 aliphatic carbocycles. The van der Waals surface area contributed by atoms with Gasteiger partial charge in [0.2, 0.25) is 0 Å². The fourth-order valence-corrected chi connectivity index (χ4v) is 5.87. The first-order chi connectivity index (χ1) is 16.3. The van der Waals surface area contributed by atoms with Gasteiger partial charge in [-0.1, -0.05) is 58.0 Å². The molecule has 1 aliphatic heterocycles. The van der Waals surface area contributed by atoms with Crippen LogP contribution in [-0.4, -0.2) is 46.0 Å². The minimum absolute atomic E-state index is 0.151. The summed E-state index contributed by atoms with van der Waals surface area (Å²) in [5, 5.41) is 1.18. The van der Waals surface area contributed by atoms with E-state index in [1.165, 1.54) is 26.8 Å². The second-order valence-corrected chi connectivity index (χ2v) is 11.6. The van der Waals surface area contributed by atoms with Crippen LogP contribution in [-0.2, 0) is 18.4 Å². The lowest BCUT2D eigenvalue weighted by Crippen LogP contribution is -2.46. The van der Waals surface area contributed by atoms with E-state index in [9.17, 15) is 0 Å². The molecule has 1 N–H and O–H groups in total. The number of imidazole rings is 1. The summed E-state index contributed by atoms with van der Waals surface area (Å²) >= 11 is 1.85. The average Bonchev–Trinajstić information content (AvgIpc) is 3.42. The highest BCUT2D eigenvalue weighted by atomic mass is 32.1. The number of aromatic nitrogens is 3. The van der Waals surface area contributed by atoms with Crippen LogP contribution in [0, 0.1) is 6.92 Å². The number of para-hydroxylation sites is 1. The van der Waals surface area contributed by atoms with Crippen molar-refractivity contribution >= 4 is 28.1 Å². The molecule has 178 valence electrons. The van der Waals surface area contributed by atoms with Gasteiger partial charge in [0.25, 0.3) is 0 Å². The van der Waals surface area contributed by atoms with E-state index in [1.54, 1.807) is 0 Å². The monoisotopic (exact) mass is 473 g/mol. The van der Waals surface area contributed by atoms with Gasteiger partial charge in [0.05, 0.1) is 21.9 Å². The van der Waals surface area contributed by atoms with Crippen LogP contribution >= 0.6 is 11.3 Å². The van der Waals surface area contributed by atoms with E-state index in [0.717, 1.165) is 61.6 Å². The molecule has 2 aromatic heterocycles. The number of benzene rings is 2. The van der Waals surface area contributed by atoms with E-state index in [1.807, 2.05) is 11.3 Å². The maximum absolute atomic E-state index is 5.04. The Morgan fingerprint density at radius 3 is 2.38 bits per heavy atom. The molecule has 1 aliphatic rings. The maximum atomic E-state index is 5.04. The summed E-state index contributed by atoms with van der Waals surface area (Å²) in [7, 11) is 0. The number of thiazole rings is 1. The fraction of sp³-hybridized carbons (Fsp3) is 0.429. The predicted octanol–water partition coefficient (Wildman–Crippen LogP) is 6.18.